The Hall–Kier alpha value is -3.71. The summed E-state index contributed by atoms with van der Waals surface area (Å²) in [7, 11) is 0. The summed E-state index contributed by atoms with van der Waals surface area (Å²) in [4.78, 5) is 10.8. The van der Waals surface area contributed by atoms with E-state index in [-0.39, 0.29) is 17.8 Å². The second-order valence-electron chi connectivity index (χ2n) is 7.41. The molecule has 4 heterocycles. The van der Waals surface area contributed by atoms with Crippen LogP contribution in [0.5, 0.6) is 5.75 Å². The molecule has 4 aromatic rings. The van der Waals surface area contributed by atoms with Gasteiger partial charge in [-0.3, -0.25) is 9.97 Å². The molecule has 2 N–H and O–H groups in total. The molecule has 1 fully saturated rings. The molecule has 0 bridgehead atoms. The summed E-state index contributed by atoms with van der Waals surface area (Å²) in [5.41, 5.74) is 3.73. The Morgan fingerprint density at radius 2 is 1.84 bits per heavy atom. The summed E-state index contributed by atoms with van der Waals surface area (Å²) < 4.78 is 2.19. The maximum Gasteiger partial charge on any atom is 0.174 e. The van der Waals surface area contributed by atoms with Gasteiger partial charge in [0.15, 0.2) is 5.11 Å². The first-order valence-corrected chi connectivity index (χ1v) is 10.5. The van der Waals surface area contributed by atoms with E-state index >= 15 is 0 Å². The SMILES string of the molecule is Oc1ccccc1N1C(=S)N[C@H](c2ccccn2)[C@H]1c1cccn1Cc1cccnc1. The van der Waals surface area contributed by atoms with Gasteiger partial charge in [0.05, 0.1) is 17.4 Å². The number of phenolic OH excluding ortho intramolecular Hbond substituents is 1. The number of para-hydroxylation sites is 2. The van der Waals surface area contributed by atoms with Crippen LogP contribution in [0.2, 0.25) is 0 Å². The second-order valence-corrected chi connectivity index (χ2v) is 7.79. The molecule has 0 saturated carbocycles. The van der Waals surface area contributed by atoms with E-state index in [0.717, 1.165) is 17.0 Å². The lowest BCUT2D eigenvalue weighted by atomic mass is 10.0. The fourth-order valence-electron chi connectivity index (χ4n) is 4.11. The minimum atomic E-state index is -0.192. The first-order valence-electron chi connectivity index (χ1n) is 10.0. The topological polar surface area (TPSA) is 66.2 Å². The van der Waals surface area contributed by atoms with Gasteiger partial charge in [-0.1, -0.05) is 24.3 Å². The highest BCUT2D eigenvalue weighted by molar-refractivity contribution is 7.80. The molecular weight excluding hydrogens is 406 g/mol. The molecule has 3 aromatic heterocycles. The highest BCUT2D eigenvalue weighted by atomic mass is 32.1. The van der Waals surface area contributed by atoms with E-state index in [4.69, 9.17) is 12.2 Å². The zero-order valence-corrected chi connectivity index (χ0v) is 17.5. The minimum absolute atomic E-state index is 0.171. The van der Waals surface area contributed by atoms with Crippen molar-refractivity contribution in [2.24, 2.45) is 0 Å². The van der Waals surface area contributed by atoms with Crippen LogP contribution in [0, 0.1) is 0 Å². The van der Waals surface area contributed by atoms with E-state index in [2.05, 4.69) is 38.2 Å². The molecule has 31 heavy (non-hydrogen) atoms. The van der Waals surface area contributed by atoms with Crippen molar-refractivity contribution in [1.82, 2.24) is 19.9 Å². The van der Waals surface area contributed by atoms with Gasteiger partial charge >= 0.3 is 0 Å². The third-order valence-electron chi connectivity index (χ3n) is 5.48. The number of nitrogens with zero attached hydrogens (tertiary/aromatic N) is 4. The first kappa shape index (κ1) is 19.3. The van der Waals surface area contributed by atoms with Gasteiger partial charge in [0.1, 0.15) is 11.8 Å². The Morgan fingerprint density at radius 1 is 0.968 bits per heavy atom. The van der Waals surface area contributed by atoms with Gasteiger partial charge in [0, 0.05) is 37.0 Å². The molecule has 0 aliphatic carbocycles. The summed E-state index contributed by atoms with van der Waals surface area (Å²) in [5.74, 6) is 0.184. The Balaban J connectivity index is 1.62. The molecule has 1 aliphatic rings. The molecule has 2 atom stereocenters. The van der Waals surface area contributed by atoms with E-state index < -0.39 is 0 Å². The zero-order valence-electron chi connectivity index (χ0n) is 16.7. The van der Waals surface area contributed by atoms with Crippen LogP contribution in [0.1, 0.15) is 29.0 Å². The summed E-state index contributed by atoms with van der Waals surface area (Å²) in [6, 6.07) is 20.9. The number of pyridine rings is 2. The first-order chi connectivity index (χ1) is 15.2. The summed E-state index contributed by atoms with van der Waals surface area (Å²) in [6.07, 6.45) is 7.49. The fraction of sp³-hybridized carbons (Fsp3) is 0.125. The number of thiocarbonyl (C=S) groups is 1. The van der Waals surface area contributed by atoms with Crippen molar-refractivity contribution in [2.75, 3.05) is 4.90 Å². The highest BCUT2D eigenvalue weighted by Crippen LogP contribution is 2.44. The lowest BCUT2D eigenvalue weighted by molar-refractivity contribution is 0.471. The summed E-state index contributed by atoms with van der Waals surface area (Å²) in [5, 5.41) is 14.6. The highest BCUT2D eigenvalue weighted by Gasteiger charge is 2.42. The number of hydrogen-bond donors (Lipinski definition) is 2. The number of anilines is 1. The molecule has 154 valence electrons. The molecule has 0 radical (unpaired) electrons. The van der Waals surface area contributed by atoms with Crippen LogP contribution in [-0.2, 0) is 6.54 Å². The molecule has 1 aromatic carbocycles. The van der Waals surface area contributed by atoms with Crippen LogP contribution in [0.3, 0.4) is 0 Å². The standard InChI is InChI=1S/C24H21N5OS/c30-21-11-2-1-9-19(21)29-23(22(27-24(29)31)18-8-3-4-13-26-18)20-10-6-14-28(20)16-17-7-5-12-25-15-17/h1-15,22-23,30H,16H2,(H,27,31)/t22-,23-/m1/s1. The number of rotatable bonds is 5. The lowest BCUT2D eigenvalue weighted by Crippen LogP contribution is -2.30. The Kier molecular flexibility index (Phi) is 5.09. The molecule has 0 unspecified atom stereocenters. The van der Waals surface area contributed by atoms with Crippen molar-refractivity contribution < 1.29 is 5.11 Å². The quantitative estimate of drug-likeness (QED) is 0.465. The average molecular weight is 428 g/mol. The molecule has 5 rings (SSSR count). The van der Waals surface area contributed by atoms with Gasteiger partial charge in [-0.05, 0) is 60.2 Å². The van der Waals surface area contributed by atoms with E-state index in [9.17, 15) is 5.11 Å². The molecule has 1 aliphatic heterocycles. The van der Waals surface area contributed by atoms with Gasteiger partial charge in [0.2, 0.25) is 0 Å². The predicted octanol–water partition coefficient (Wildman–Crippen LogP) is 4.21. The van der Waals surface area contributed by atoms with Gasteiger partial charge < -0.3 is 19.9 Å². The van der Waals surface area contributed by atoms with Crippen molar-refractivity contribution in [3.05, 3.63) is 108 Å². The number of nitrogens with one attached hydrogen (secondary N) is 1. The average Bonchev–Trinajstić information content (AvgIpc) is 3.39. The second kappa shape index (κ2) is 8.20. The number of aromatic nitrogens is 3. The maximum atomic E-state index is 10.6. The van der Waals surface area contributed by atoms with Crippen LogP contribution < -0.4 is 10.2 Å². The van der Waals surface area contributed by atoms with Crippen molar-refractivity contribution in [2.45, 2.75) is 18.6 Å². The van der Waals surface area contributed by atoms with Crippen molar-refractivity contribution >= 4 is 23.0 Å². The van der Waals surface area contributed by atoms with Crippen molar-refractivity contribution in [3.63, 3.8) is 0 Å². The molecule has 1 saturated heterocycles. The van der Waals surface area contributed by atoms with Crippen molar-refractivity contribution in [3.8, 4) is 5.75 Å². The lowest BCUT2D eigenvalue weighted by Gasteiger charge is -2.29. The third-order valence-corrected chi connectivity index (χ3v) is 5.80. The maximum absolute atomic E-state index is 10.6. The van der Waals surface area contributed by atoms with Gasteiger partial charge in [-0.25, -0.2) is 0 Å². The minimum Gasteiger partial charge on any atom is -0.506 e. The largest absolute Gasteiger partial charge is 0.506 e. The molecular formula is C24H21N5OS. The van der Waals surface area contributed by atoms with Gasteiger partial charge in [-0.2, -0.15) is 0 Å². The zero-order chi connectivity index (χ0) is 21.2. The number of phenols is 1. The summed E-state index contributed by atoms with van der Waals surface area (Å²) in [6.45, 7) is 0.684. The van der Waals surface area contributed by atoms with Crippen LogP contribution in [0.4, 0.5) is 5.69 Å². The monoisotopic (exact) mass is 427 g/mol. The third kappa shape index (κ3) is 3.64. The van der Waals surface area contributed by atoms with Crippen LogP contribution in [0.25, 0.3) is 0 Å². The van der Waals surface area contributed by atoms with Gasteiger partial charge in [0.25, 0.3) is 0 Å². The van der Waals surface area contributed by atoms with Crippen LogP contribution in [0.15, 0.2) is 91.5 Å². The molecule has 7 heteroatoms. The molecule has 0 amide bonds. The smallest absolute Gasteiger partial charge is 0.174 e. The number of aromatic hydroxyl groups is 1. The fourth-order valence-corrected chi connectivity index (χ4v) is 4.45. The normalized spacial score (nSPS) is 18.2. The van der Waals surface area contributed by atoms with E-state index in [1.807, 2.05) is 59.6 Å². The van der Waals surface area contributed by atoms with Crippen molar-refractivity contribution in [1.29, 1.82) is 0 Å². The van der Waals surface area contributed by atoms with Crippen LogP contribution in [-0.4, -0.2) is 24.8 Å². The van der Waals surface area contributed by atoms with E-state index in [1.54, 1.807) is 18.5 Å². The Labute approximate surface area is 185 Å². The van der Waals surface area contributed by atoms with Gasteiger partial charge in [-0.15, -0.1) is 0 Å². The molecule has 6 nitrogen and oxygen atoms in total. The van der Waals surface area contributed by atoms with Crippen LogP contribution >= 0.6 is 12.2 Å². The number of benzene rings is 1. The Bertz CT molecular complexity index is 1190. The predicted molar refractivity (Wildman–Crippen MR) is 124 cm³/mol. The van der Waals surface area contributed by atoms with E-state index in [1.165, 1.54) is 0 Å². The Morgan fingerprint density at radius 3 is 2.61 bits per heavy atom. The van der Waals surface area contributed by atoms with E-state index in [0.29, 0.717) is 17.3 Å². The summed E-state index contributed by atoms with van der Waals surface area (Å²) >= 11 is 5.74. The number of hydrogen-bond acceptors (Lipinski definition) is 4. The molecule has 0 spiro atoms.